The van der Waals surface area contributed by atoms with Crippen LogP contribution < -0.4 is 5.73 Å². The molecule has 4 heterocycles. The number of fused-ring (bicyclic) bond motifs is 1. The van der Waals surface area contributed by atoms with Crippen molar-refractivity contribution in [3.8, 4) is 11.3 Å². The topological polar surface area (TPSA) is 78.8 Å². The van der Waals surface area contributed by atoms with Crippen molar-refractivity contribution in [3.63, 3.8) is 0 Å². The van der Waals surface area contributed by atoms with Crippen molar-refractivity contribution >= 4 is 32.8 Å². The molecule has 25 heavy (non-hydrogen) atoms. The SMILES string of the molecule is Nc1ncc(F)c(-c2cn(CC3CCOCC3)c3cnc(Br)cc23)n1. The maximum absolute atomic E-state index is 14.3. The molecule has 0 aliphatic carbocycles. The number of nitrogens with zero attached hydrogens (tertiary/aromatic N) is 4. The first-order chi connectivity index (χ1) is 12.1. The van der Waals surface area contributed by atoms with Gasteiger partial charge in [0.05, 0.1) is 17.9 Å². The summed E-state index contributed by atoms with van der Waals surface area (Å²) in [6, 6.07) is 1.88. The molecule has 0 bridgehead atoms. The van der Waals surface area contributed by atoms with Gasteiger partial charge in [0.1, 0.15) is 10.3 Å². The van der Waals surface area contributed by atoms with E-state index in [4.69, 9.17) is 10.5 Å². The second-order valence-corrected chi connectivity index (χ2v) is 7.01. The van der Waals surface area contributed by atoms with Crippen LogP contribution in [0.15, 0.2) is 29.3 Å². The monoisotopic (exact) mass is 405 g/mol. The van der Waals surface area contributed by atoms with Crippen molar-refractivity contribution in [2.24, 2.45) is 5.92 Å². The molecule has 2 N–H and O–H groups in total. The Kier molecular flexibility index (Phi) is 4.39. The summed E-state index contributed by atoms with van der Waals surface area (Å²) in [6.07, 6.45) is 6.88. The molecule has 1 fully saturated rings. The lowest BCUT2D eigenvalue weighted by atomic mass is 10.0. The fraction of sp³-hybridized carbons (Fsp3) is 0.353. The number of aromatic nitrogens is 4. The zero-order valence-electron chi connectivity index (χ0n) is 13.5. The molecule has 0 unspecified atom stereocenters. The summed E-state index contributed by atoms with van der Waals surface area (Å²) >= 11 is 3.39. The summed E-state index contributed by atoms with van der Waals surface area (Å²) < 4.78 is 22.6. The average Bonchev–Trinajstić information content (AvgIpc) is 2.95. The quantitative estimate of drug-likeness (QED) is 0.675. The second-order valence-electron chi connectivity index (χ2n) is 6.20. The molecular weight excluding hydrogens is 389 g/mol. The van der Waals surface area contributed by atoms with Crippen molar-refractivity contribution in [1.29, 1.82) is 0 Å². The lowest BCUT2D eigenvalue weighted by Crippen LogP contribution is -2.20. The molecule has 0 atom stereocenters. The predicted octanol–water partition coefficient (Wildman–Crippen LogP) is 3.40. The van der Waals surface area contributed by atoms with Gasteiger partial charge < -0.3 is 15.0 Å². The molecule has 0 saturated carbocycles. The van der Waals surface area contributed by atoms with Crippen molar-refractivity contribution in [2.75, 3.05) is 18.9 Å². The highest BCUT2D eigenvalue weighted by molar-refractivity contribution is 9.10. The minimum Gasteiger partial charge on any atom is -0.381 e. The fourth-order valence-corrected chi connectivity index (χ4v) is 3.61. The standard InChI is InChI=1S/C17H17BrFN5O/c18-15-5-11-12(16-13(19)6-22-17(20)23-16)9-24(14(11)7-21-15)8-10-1-3-25-4-2-10/h5-7,9-10H,1-4,8H2,(H2,20,22,23). The van der Waals surface area contributed by atoms with E-state index in [9.17, 15) is 4.39 Å². The van der Waals surface area contributed by atoms with E-state index in [0.29, 0.717) is 16.1 Å². The molecule has 1 aliphatic rings. The van der Waals surface area contributed by atoms with E-state index >= 15 is 0 Å². The largest absolute Gasteiger partial charge is 0.381 e. The third-order valence-corrected chi connectivity index (χ3v) is 4.98. The zero-order chi connectivity index (χ0) is 17.4. The van der Waals surface area contributed by atoms with Crippen LogP contribution in [0.3, 0.4) is 0 Å². The lowest BCUT2D eigenvalue weighted by molar-refractivity contribution is 0.0616. The molecule has 1 saturated heterocycles. The summed E-state index contributed by atoms with van der Waals surface area (Å²) in [5, 5.41) is 0.880. The number of nitrogens with two attached hydrogens (primary N) is 1. The minimum atomic E-state index is -0.493. The van der Waals surface area contributed by atoms with Crippen LogP contribution in [0, 0.1) is 11.7 Å². The molecule has 130 valence electrons. The van der Waals surface area contributed by atoms with E-state index in [0.717, 1.165) is 49.7 Å². The van der Waals surface area contributed by atoms with Gasteiger partial charge >= 0.3 is 0 Å². The number of nitrogen functional groups attached to an aromatic ring is 1. The second kappa shape index (κ2) is 6.68. The van der Waals surface area contributed by atoms with Gasteiger partial charge in [-0.05, 0) is 40.8 Å². The molecule has 0 spiro atoms. The van der Waals surface area contributed by atoms with Crippen molar-refractivity contribution in [1.82, 2.24) is 19.5 Å². The third-order valence-electron chi connectivity index (χ3n) is 4.55. The summed E-state index contributed by atoms with van der Waals surface area (Å²) in [5.41, 5.74) is 7.51. The van der Waals surface area contributed by atoms with Crippen LogP contribution in [-0.4, -0.2) is 32.7 Å². The minimum absolute atomic E-state index is 0.0508. The fourth-order valence-electron chi connectivity index (χ4n) is 3.28. The van der Waals surface area contributed by atoms with Gasteiger partial charge in [-0.25, -0.2) is 19.3 Å². The highest BCUT2D eigenvalue weighted by Crippen LogP contribution is 2.33. The van der Waals surface area contributed by atoms with Crippen LogP contribution in [0.1, 0.15) is 12.8 Å². The number of halogens is 2. The van der Waals surface area contributed by atoms with Crippen LogP contribution in [0.2, 0.25) is 0 Å². The number of pyridine rings is 1. The Labute approximate surface area is 152 Å². The first-order valence-corrected chi connectivity index (χ1v) is 8.91. The summed E-state index contributed by atoms with van der Waals surface area (Å²) in [7, 11) is 0. The number of anilines is 1. The molecule has 1 aliphatic heterocycles. The van der Waals surface area contributed by atoms with Gasteiger partial charge in [-0.1, -0.05) is 0 Å². The molecule has 8 heteroatoms. The first kappa shape index (κ1) is 16.4. The van der Waals surface area contributed by atoms with Gasteiger partial charge in [-0.3, -0.25) is 0 Å². The number of rotatable bonds is 3. The maximum atomic E-state index is 14.3. The number of hydrogen-bond donors (Lipinski definition) is 1. The predicted molar refractivity (Wildman–Crippen MR) is 96.4 cm³/mol. The van der Waals surface area contributed by atoms with Crippen LogP contribution >= 0.6 is 15.9 Å². The Bertz CT molecular complexity index is 923. The Balaban J connectivity index is 1.83. The average molecular weight is 406 g/mol. The van der Waals surface area contributed by atoms with E-state index in [1.54, 1.807) is 6.20 Å². The lowest BCUT2D eigenvalue weighted by Gasteiger charge is -2.22. The molecular formula is C17H17BrFN5O. The van der Waals surface area contributed by atoms with E-state index in [1.165, 1.54) is 0 Å². The van der Waals surface area contributed by atoms with Gasteiger partial charge in [0.2, 0.25) is 5.95 Å². The highest BCUT2D eigenvalue weighted by atomic mass is 79.9. The van der Waals surface area contributed by atoms with Gasteiger partial charge in [0, 0.05) is 36.9 Å². The Morgan fingerprint density at radius 1 is 1.28 bits per heavy atom. The van der Waals surface area contributed by atoms with Crippen LogP contribution in [0.4, 0.5) is 10.3 Å². The molecule has 0 aromatic carbocycles. The molecule has 0 amide bonds. The Hall–Kier alpha value is -2.06. The van der Waals surface area contributed by atoms with Crippen molar-refractivity contribution in [3.05, 3.63) is 35.1 Å². The first-order valence-electron chi connectivity index (χ1n) is 8.12. The normalized spacial score (nSPS) is 15.8. The smallest absolute Gasteiger partial charge is 0.220 e. The van der Waals surface area contributed by atoms with Crippen LogP contribution in [0.25, 0.3) is 22.2 Å². The van der Waals surface area contributed by atoms with Gasteiger partial charge in [-0.15, -0.1) is 0 Å². The van der Waals surface area contributed by atoms with Crippen LogP contribution in [0.5, 0.6) is 0 Å². The molecule has 0 radical (unpaired) electrons. The molecule has 3 aromatic heterocycles. The maximum Gasteiger partial charge on any atom is 0.220 e. The third kappa shape index (κ3) is 3.23. The van der Waals surface area contributed by atoms with Crippen molar-refractivity contribution in [2.45, 2.75) is 19.4 Å². The molecule has 3 aromatic rings. The Morgan fingerprint density at radius 2 is 2.08 bits per heavy atom. The van der Waals surface area contributed by atoms with E-state index in [1.807, 2.05) is 12.3 Å². The number of hydrogen-bond acceptors (Lipinski definition) is 5. The number of ether oxygens (including phenoxy) is 1. The van der Waals surface area contributed by atoms with Gasteiger partial charge in [0.15, 0.2) is 5.82 Å². The molecule has 4 rings (SSSR count). The van der Waals surface area contributed by atoms with E-state index in [-0.39, 0.29) is 11.6 Å². The van der Waals surface area contributed by atoms with Gasteiger partial charge in [-0.2, -0.15) is 0 Å². The van der Waals surface area contributed by atoms with E-state index < -0.39 is 5.82 Å². The summed E-state index contributed by atoms with van der Waals surface area (Å²) in [4.78, 5) is 12.1. The zero-order valence-corrected chi connectivity index (χ0v) is 15.0. The molecule has 6 nitrogen and oxygen atoms in total. The van der Waals surface area contributed by atoms with Crippen molar-refractivity contribution < 1.29 is 9.13 Å². The Morgan fingerprint density at radius 3 is 2.88 bits per heavy atom. The summed E-state index contributed by atoms with van der Waals surface area (Å²) in [5.74, 6) is 0.0864. The summed E-state index contributed by atoms with van der Waals surface area (Å²) in [6.45, 7) is 2.42. The van der Waals surface area contributed by atoms with Gasteiger partial charge in [0.25, 0.3) is 0 Å². The van der Waals surface area contributed by atoms with Crippen LogP contribution in [-0.2, 0) is 11.3 Å². The highest BCUT2D eigenvalue weighted by Gasteiger charge is 2.20. The van der Waals surface area contributed by atoms with E-state index in [2.05, 4.69) is 35.4 Å².